The molecule has 1 aliphatic heterocycles. The van der Waals surface area contributed by atoms with E-state index in [0.717, 1.165) is 4.31 Å². The van der Waals surface area contributed by atoms with Gasteiger partial charge in [0, 0.05) is 18.1 Å². The number of benzene rings is 2. The van der Waals surface area contributed by atoms with Crippen molar-refractivity contribution in [1.82, 2.24) is 4.98 Å². The molecule has 0 radical (unpaired) electrons. The molecular weight excluding hydrogens is 381 g/mol. The van der Waals surface area contributed by atoms with Crippen LogP contribution in [0.15, 0.2) is 71.9 Å². The maximum atomic E-state index is 13.8. The van der Waals surface area contributed by atoms with Crippen LogP contribution >= 0.6 is 0 Å². The van der Waals surface area contributed by atoms with E-state index in [2.05, 4.69) is 10.3 Å². The van der Waals surface area contributed by atoms with Gasteiger partial charge in [0.1, 0.15) is 5.82 Å². The number of sulfonamides is 1. The Hall–Kier alpha value is -3.26. The maximum absolute atomic E-state index is 13.8. The average molecular weight is 397 g/mol. The first-order chi connectivity index (χ1) is 13.4. The third-order valence-corrected chi connectivity index (χ3v) is 6.20. The fraction of sp³-hybridized carbons (Fsp3) is 0.100. The molecular formula is C20H16FN3O3S. The van der Waals surface area contributed by atoms with Crippen molar-refractivity contribution in [1.29, 1.82) is 0 Å². The van der Waals surface area contributed by atoms with Gasteiger partial charge >= 0.3 is 0 Å². The number of nitrogens with one attached hydrogen (secondary N) is 1. The number of nitrogens with zero attached hydrogens (tertiary/aromatic N) is 2. The number of anilines is 2. The van der Waals surface area contributed by atoms with Crippen LogP contribution in [-0.2, 0) is 27.8 Å². The summed E-state index contributed by atoms with van der Waals surface area (Å²) in [6, 6.07) is 13.4. The van der Waals surface area contributed by atoms with E-state index in [1.807, 2.05) is 0 Å². The first-order valence-corrected chi connectivity index (χ1v) is 9.97. The van der Waals surface area contributed by atoms with E-state index in [4.69, 9.17) is 0 Å². The monoisotopic (exact) mass is 397 g/mol. The summed E-state index contributed by atoms with van der Waals surface area (Å²) >= 11 is 0. The van der Waals surface area contributed by atoms with Crippen molar-refractivity contribution in [2.24, 2.45) is 0 Å². The lowest BCUT2D eigenvalue weighted by Gasteiger charge is -2.25. The Kier molecular flexibility index (Phi) is 4.56. The Morgan fingerprint density at radius 3 is 2.71 bits per heavy atom. The number of carbonyl (C=O) groups is 1. The minimum atomic E-state index is -4.01. The number of pyridine rings is 1. The summed E-state index contributed by atoms with van der Waals surface area (Å²) in [5, 5.41) is 2.68. The number of carbonyl (C=O) groups excluding carboxylic acids is 1. The predicted molar refractivity (Wildman–Crippen MR) is 103 cm³/mol. The average Bonchev–Trinajstić information content (AvgIpc) is 3.06. The number of rotatable bonds is 5. The number of fused-ring (bicyclic) bond motifs is 1. The molecule has 1 aromatic heterocycles. The van der Waals surface area contributed by atoms with E-state index in [0.29, 0.717) is 16.8 Å². The lowest BCUT2D eigenvalue weighted by molar-refractivity contribution is -0.115. The molecule has 2 heterocycles. The quantitative estimate of drug-likeness (QED) is 0.718. The van der Waals surface area contributed by atoms with Crippen molar-refractivity contribution in [2.45, 2.75) is 17.9 Å². The predicted octanol–water partition coefficient (Wildman–Crippen LogP) is 3.11. The van der Waals surface area contributed by atoms with Gasteiger partial charge in [-0.25, -0.2) is 12.8 Å². The molecule has 28 heavy (non-hydrogen) atoms. The maximum Gasteiger partial charge on any atom is 0.264 e. The molecule has 2 aromatic carbocycles. The second-order valence-corrected chi connectivity index (χ2v) is 8.26. The molecule has 0 aliphatic carbocycles. The van der Waals surface area contributed by atoms with Crippen LogP contribution in [-0.4, -0.2) is 19.3 Å². The Bertz CT molecular complexity index is 1150. The van der Waals surface area contributed by atoms with Crippen LogP contribution in [0.5, 0.6) is 0 Å². The van der Waals surface area contributed by atoms with Crippen molar-refractivity contribution in [3.05, 3.63) is 83.9 Å². The first kappa shape index (κ1) is 18.1. The largest absolute Gasteiger partial charge is 0.326 e. The first-order valence-electron chi connectivity index (χ1n) is 8.53. The third kappa shape index (κ3) is 3.46. The van der Waals surface area contributed by atoms with Gasteiger partial charge in [-0.05, 0) is 53.6 Å². The summed E-state index contributed by atoms with van der Waals surface area (Å²) in [5.41, 5.74) is 2.09. The highest BCUT2D eigenvalue weighted by atomic mass is 32.2. The molecule has 0 fully saturated rings. The van der Waals surface area contributed by atoms with Gasteiger partial charge in [-0.3, -0.25) is 14.1 Å². The summed E-state index contributed by atoms with van der Waals surface area (Å²) < 4.78 is 41.8. The number of aromatic nitrogens is 1. The molecule has 0 bridgehead atoms. The number of hydrogen-bond acceptors (Lipinski definition) is 4. The fourth-order valence-corrected chi connectivity index (χ4v) is 4.59. The van der Waals surface area contributed by atoms with Gasteiger partial charge in [0.15, 0.2) is 0 Å². The molecule has 4 rings (SSSR count). The van der Waals surface area contributed by atoms with Crippen molar-refractivity contribution >= 4 is 27.3 Å². The van der Waals surface area contributed by atoms with Crippen LogP contribution in [0.1, 0.15) is 11.1 Å². The molecule has 0 spiro atoms. The molecule has 8 heteroatoms. The molecule has 0 atom stereocenters. The van der Waals surface area contributed by atoms with Gasteiger partial charge in [-0.2, -0.15) is 0 Å². The summed E-state index contributed by atoms with van der Waals surface area (Å²) in [6.07, 6.45) is 3.28. The SMILES string of the molecule is O=C1Cc2cc(S(=O)(=O)N(Cc3cccnc3)c3cccc(F)c3)ccc2N1. The van der Waals surface area contributed by atoms with Gasteiger partial charge in [0.25, 0.3) is 10.0 Å². The summed E-state index contributed by atoms with van der Waals surface area (Å²) in [7, 11) is -4.01. The van der Waals surface area contributed by atoms with Crippen LogP contribution in [0.25, 0.3) is 0 Å². The van der Waals surface area contributed by atoms with Crippen LogP contribution in [0.3, 0.4) is 0 Å². The minimum absolute atomic E-state index is 0.00606. The molecule has 0 unspecified atom stereocenters. The van der Waals surface area contributed by atoms with E-state index in [-0.39, 0.29) is 29.5 Å². The van der Waals surface area contributed by atoms with Crippen LogP contribution in [0.4, 0.5) is 15.8 Å². The second kappa shape index (κ2) is 7.05. The van der Waals surface area contributed by atoms with E-state index in [9.17, 15) is 17.6 Å². The minimum Gasteiger partial charge on any atom is -0.326 e. The Balaban J connectivity index is 1.79. The molecule has 3 aromatic rings. The Morgan fingerprint density at radius 2 is 1.96 bits per heavy atom. The lowest BCUT2D eigenvalue weighted by atomic mass is 10.2. The summed E-state index contributed by atoms with van der Waals surface area (Å²) in [6.45, 7) is -0.00606. The van der Waals surface area contributed by atoms with E-state index in [1.165, 1.54) is 36.4 Å². The zero-order valence-electron chi connectivity index (χ0n) is 14.7. The van der Waals surface area contributed by atoms with E-state index >= 15 is 0 Å². The van der Waals surface area contributed by atoms with Crippen molar-refractivity contribution in [3.8, 4) is 0 Å². The van der Waals surface area contributed by atoms with Crippen LogP contribution in [0, 0.1) is 5.82 Å². The smallest absolute Gasteiger partial charge is 0.264 e. The molecule has 1 amide bonds. The number of hydrogen-bond donors (Lipinski definition) is 1. The Labute approximate surface area is 161 Å². The highest BCUT2D eigenvalue weighted by Gasteiger charge is 2.28. The Morgan fingerprint density at radius 1 is 1.11 bits per heavy atom. The highest BCUT2D eigenvalue weighted by molar-refractivity contribution is 7.92. The van der Waals surface area contributed by atoms with Gasteiger partial charge in [0.05, 0.1) is 23.5 Å². The second-order valence-electron chi connectivity index (χ2n) is 6.40. The van der Waals surface area contributed by atoms with Crippen LogP contribution in [0.2, 0.25) is 0 Å². The summed E-state index contributed by atoms with van der Waals surface area (Å²) in [5.74, 6) is -0.713. The molecule has 1 aliphatic rings. The third-order valence-electron chi connectivity index (χ3n) is 4.43. The zero-order chi connectivity index (χ0) is 19.7. The highest BCUT2D eigenvalue weighted by Crippen LogP contribution is 2.30. The topological polar surface area (TPSA) is 79.4 Å². The molecule has 142 valence electrons. The van der Waals surface area contributed by atoms with E-state index < -0.39 is 15.8 Å². The van der Waals surface area contributed by atoms with Gasteiger partial charge < -0.3 is 5.32 Å². The van der Waals surface area contributed by atoms with Gasteiger partial charge in [0.2, 0.25) is 5.91 Å². The standard InChI is InChI=1S/C20H16FN3O3S/c21-16-4-1-5-17(11-16)24(13-14-3-2-8-22-12-14)28(26,27)18-6-7-19-15(9-18)10-20(25)23-19/h1-9,11-12H,10,13H2,(H,23,25). The lowest BCUT2D eigenvalue weighted by Crippen LogP contribution is -2.30. The molecule has 6 nitrogen and oxygen atoms in total. The van der Waals surface area contributed by atoms with Gasteiger partial charge in [-0.15, -0.1) is 0 Å². The van der Waals surface area contributed by atoms with Gasteiger partial charge in [-0.1, -0.05) is 12.1 Å². The molecule has 0 saturated heterocycles. The van der Waals surface area contributed by atoms with Crippen molar-refractivity contribution < 1.29 is 17.6 Å². The van der Waals surface area contributed by atoms with Crippen molar-refractivity contribution in [2.75, 3.05) is 9.62 Å². The fourth-order valence-electron chi connectivity index (χ4n) is 3.10. The zero-order valence-corrected chi connectivity index (χ0v) is 15.5. The van der Waals surface area contributed by atoms with Crippen molar-refractivity contribution in [3.63, 3.8) is 0 Å². The van der Waals surface area contributed by atoms with Crippen LogP contribution < -0.4 is 9.62 Å². The molecule has 1 N–H and O–H groups in total. The number of amides is 1. The molecule has 0 saturated carbocycles. The normalized spacial score (nSPS) is 13.1. The van der Waals surface area contributed by atoms with E-state index in [1.54, 1.807) is 30.6 Å². The summed E-state index contributed by atoms with van der Waals surface area (Å²) in [4.78, 5) is 15.6. The number of halogens is 1.